The van der Waals surface area contributed by atoms with Crippen LogP contribution in [-0.2, 0) is 9.53 Å². The van der Waals surface area contributed by atoms with E-state index in [4.69, 9.17) is 4.74 Å². The van der Waals surface area contributed by atoms with Crippen molar-refractivity contribution < 1.29 is 14.6 Å². The van der Waals surface area contributed by atoms with Crippen molar-refractivity contribution in [3.8, 4) is 0 Å². The lowest BCUT2D eigenvalue weighted by Crippen LogP contribution is -2.54. The van der Waals surface area contributed by atoms with Crippen LogP contribution in [0.2, 0.25) is 0 Å². The molecule has 1 N–H and O–H groups in total. The van der Waals surface area contributed by atoms with Gasteiger partial charge in [0, 0.05) is 12.0 Å². The first-order valence-corrected chi connectivity index (χ1v) is 9.83. The van der Waals surface area contributed by atoms with Gasteiger partial charge in [-0.3, -0.25) is 4.79 Å². The van der Waals surface area contributed by atoms with Crippen LogP contribution in [0.4, 0.5) is 0 Å². The summed E-state index contributed by atoms with van der Waals surface area (Å²) in [5.41, 5.74) is 1.27. The number of Topliss-reactive ketones (excluding diaryl/α,β-unsaturated/α-hetero) is 1. The van der Waals surface area contributed by atoms with Crippen molar-refractivity contribution in [3.05, 3.63) is 11.8 Å². The van der Waals surface area contributed by atoms with Gasteiger partial charge >= 0.3 is 0 Å². The van der Waals surface area contributed by atoms with E-state index in [1.165, 1.54) is 25.7 Å². The summed E-state index contributed by atoms with van der Waals surface area (Å²) in [6, 6.07) is 0. The van der Waals surface area contributed by atoms with Gasteiger partial charge < -0.3 is 9.84 Å². The average molecular weight is 332 g/mol. The largest absolute Gasteiger partial charge is 0.504 e. The van der Waals surface area contributed by atoms with Crippen molar-refractivity contribution in [2.75, 3.05) is 7.11 Å². The molecule has 0 aromatic carbocycles. The Bertz CT molecular complexity index is 567. The molecule has 0 saturated heterocycles. The van der Waals surface area contributed by atoms with Gasteiger partial charge in [-0.2, -0.15) is 0 Å². The molecule has 4 aliphatic rings. The van der Waals surface area contributed by atoms with E-state index in [9.17, 15) is 9.90 Å². The van der Waals surface area contributed by atoms with Crippen LogP contribution in [-0.4, -0.2) is 24.1 Å². The van der Waals surface area contributed by atoms with Gasteiger partial charge in [-0.25, -0.2) is 0 Å². The van der Waals surface area contributed by atoms with Crippen LogP contribution in [0.25, 0.3) is 0 Å². The zero-order chi connectivity index (χ0) is 17.1. The monoisotopic (exact) mass is 332 g/mol. The minimum absolute atomic E-state index is 0.106. The van der Waals surface area contributed by atoms with Crippen LogP contribution in [0.5, 0.6) is 0 Å². The maximum atomic E-state index is 12.4. The molecular formula is C21H32O3. The predicted octanol–water partition coefficient (Wildman–Crippen LogP) is 4.10. The van der Waals surface area contributed by atoms with Crippen LogP contribution in [0.1, 0.15) is 65.2 Å². The number of carbonyl (C=O) groups is 1. The third-order valence-electron chi connectivity index (χ3n) is 8.64. The maximum Gasteiger partial charge on any atom is 0.162 e. The van der Waals surface area contributed by atoms with Gasteiger partial charge in [0.05, 0.1) is 19.5 Å². The first-order valence-electron chi connectivity index (χ1n) is 9.83. The Morgan fingerprint density at radius 2 is 1.83 bits per heavy atom. The molecule has 4 fully saturated rings. The molecule has 0 radical (unpaired) electrons. The summed E-state index contributed by atoms with van der Waals surface area (Å²) in [5, 5.41) is 10.5. The highest BCUT2D eigenvalue weighted by atomic mass is 16.5. The van der Waals surface area contributed by atoms with Gasteiger partial charge in [0.25, 0.3) is 0 Å². The number of methoxy groups -OCH3 is 1. The third kappa shape index (κ3) is 2.16. The van der Waals surface area contributed by atoms with Gasteiger partial charge in [0.1, 0.15) is 0 Å². The number of ether oxygens (including phenoxy) is 1. The van der Waals surface area contributed by atoms with Crippen LogP contribution in [0.15, 0.2) is 11.8 Å². The summed E-state index contributed by atoms with van der Waals surface area (Å²) in [6.07, 6.45) is 10.2. The minimum atomic E-state index is -0.106. The van der Waals surface area contributed by atoms with Gasteiger partial charge in [-0.05, 0) is 79.4 Å². The summed E-state index contributed by atoms with van der Waals surface area (Å²) < 4.78 is 5.20. The first-order chi connectivity index (χ1) is 11.4. The Hall–Kier alpha value is -0.830. The van der Waals surface area contributed by atoms with Crippen molar-refractivity contribution in [3.63, 3.8) is 0 Å². The molecule has 4 saturated carbocycles. The fraction of sp³-hybridized carbons (Fsp3) is 0.857. The number of hydrogen-bond donors (Lipinski definition) is 1. The molecule has 0 heterocycles. The molecule has 24 heavy (non-hydrogen) atoms. The van der Waals surface area contributed by atoms with Crippen molar-refractivity contribution >= 4 is 5.78 Å². The predicted molar refractivity (Wildman–Crippen MR) is 93.2 cm³/mol. The van der Waals surface area contributed by atoms with E-state index in [-0.39, 0.29) is 16.9 Å². The topological polar surface area (TPSA) is 46.5 Å². The Balaban J connectivity index is 1.65. The van der Waals surface area contributed by atoms with Gasteiger partial charge in [0.15, 0.2) is 5.78 Å². The van der Waals surface area contributed by atoms with Crippen LogP contribution in [0.3, 0.4) is 0 Å². The maximum absolute atomic E-state index is 12.4. The fourth-order valence-corrected chi connectivity index (χ4v) is 7.23. The molecule has 4 aliphatic carbocycles. The highest BCUT2D eigenvalue weighted by molar-refractivity contribution is 5.96. The van der Waals surface area contributed by atoms with E-state index in [2.05, 4.69) is 13.8 Å². The molecule has 3 nitrogen and oxygen atoms in total. The van der Waals surface area contributed by atoms with E-state index < -0.39 is 0 Å². The Kier molecular flexibility index (Phi) is 3.87. The Morgan fingerprint density at radius 3 is 2.58 bits per heavy atom. The van der Waals surface area contributed by atoms with Crippen molar-refractivity contribution in [1.29, 1.82) is 0 Å². The van der Waals surface area contributed by atoms with Crippen molar-refractivity contribution in [1.82, 2.24) is 0 Å². The lowest BCUT2D eigenvalue weighted by Gasteiger charge is -2.60. The van der Waals surface area contributed by atoms with E-state index in [1.807, 2.05) is 0 Å². The average Bonchev–Trinajstić information content (AvgIpc) is 2.85. The Morgan fingerprint density at radius 1 is 1.08 bits per heavy atom. The lowest BCUT2D eigenvalue weighted by molar-refractivity contribution is -0.135. The molecule has 0 aliphatic heterocycles. The second kappa shape index (κ2) is 5.59. The number of hydrogen-bond acceptors (Lipinski definition) is 3. The standard InChI is InChI=1S/C21H32O3/c1-20-9-8-17-15(16(20)6-7-19(20)23)5-4-14-10-18(22)13(12-24-3)11-21(14,17)2/h12,14-17,19,23H,4-11H2,1-3H3/b13-12+/t14-,15+,16-,17+,19+,20-,21-/m0/s1. The number of aliphatic hydroxyl groups is 1. The fourth-order valence-electron chi connectivity index (χ4n) is 7.23. The third-order valence-corrected chi connectivity index (χ3v) is 8.64. The van der Waals surface area contributed by atoms with Gasteiger partial charge in [-0.1, -0.05) is 13.8 Å². The van der Waals surface area contributed by atoms with Crippen LogP contribution >= 0.6 is 0 Å². The highest BCUT2D eigenvalue weighted by Crippen LogP contribution is 2.66. The molecule has 0 spiro atoms. The quantitative estimate of drug-likeness (QED) is 0.581. The summed E-state index contributed by atoms with van der Waals surface area (Å²) in [6.45, 7) is 4.78. The van der Waals surface area contributed by atoms with E-state index >= 15 is 0 Å². The number of fused-ring (bicyclic) bond motifs is 5. The molecule has 134 valence electrons. The van der Waals surface area contributed by atoms with E-state index in [0.29, 0.717) is 30.0 Å². The van der Waals surface area contributed by atoms with E-state index in [0.717, 1.165) is 30.8 Å². The minimum Gasteiger partial charge on any atom is -0.504 e. The number of carbonyl (C=O) groups excluding carboxylic acids is 1. The van der Waals surface area contributed by atoms with Gasteiger partial charge in [0.2, 0.25) is 0 Å². The lowest BCUT2D eigenvalue weighted by atomic mass is 9.45. The highest BCUT2D eigenvalue weighted by Gasteiger charge is 2.60. The van der Waals surface area contributed by atoms with Crippen LogP contribution < -0.4 is 0 Å². The van der Waals surface area contributed by atoms with Crippen molar-refractivity contribution in [2.24, 2.45) is 34.5 Å². The molecule has 3 heteroatoms. The normalized spacial score (nSPS) is 52.6. The second-order valence-corrected chi connectivity index (χ2v) is 9.48. The summed E-state index contributed by atoms with van der Waals surface area (Å²) in [7, 11) is 1.64. The Labute approximate surface area is 145 Å². The van der Waals surface area contributed by atoms with Crippen LogP contribution in [0, 0.1) is 34.5 Å². The molecule has 0 aromatic heterocycles. The molecule has 7 atom stereocenters. The molecule has 0 amide bonds. The summed E-state index contributed by atoms with van der Waals surface area (Å²) >= 11 is 0. The second-order valence-electron chi connectivity index (χ2n) is 9.48. The zero-order valence-corrected chi connectivity index (χ0v) is 15.4. The molecule has 0 bridgehead atoms. The number of aliphatic hydroxyl groups excluding tert-OH is 1. The zero-order valence-electron chi connectivity index (χ0n) is 15.4. The number of allylic oxidation sites excluding steroid dienone is 1. The smallest absolute Gasteiger partial charge is 0.162 e. The molecule has 4 rings (SSSR count). The SMILES string of the molecule is CO/C=C1\C[C@@]2(C)[C@@H](CC[C@H]3[C@H]2CC[C@]2(C)[C@H](O)CC[C@@H]32)CC1=O. The number of rotatable bonds is 1. The first kappa shape index (κ1) is 16.6. The summed E-state index contributed by atoms with van der Waals surface area (Å²) in [5.74, 6) is 2.95. The number of ketones is 1. The van der Waals surface area contributed by atoms with Crippen molar-refractivity contribution in [2.45, 2.75) is 71.3 Å². The molecular weight excluding hydrogens is 300 g/mol. The molecule has 0 aromatic rings. The van der Waals surface area contributed by atoms with E-state index in [1.54, 1.807) is 13.4 Å². The van der Waals surface area contributed by atoms with Gasteiger partial charge in [-0.15, -0.1) is 0 Å². The summed E-state index contributed by atoms with van der Waals surface area (Å²) in [4.78, 5) is 12.4. The molecule has 0 unspecified atom stereocenters.